The van der Waals surface area contributed by atoms with Gasteiger partial charge in [0.05, 0.1) is 12.0 Å². The summed E-state index contributed by atoms with van der Waals surface area (Å²) in [5, 5.41) is 34.7. The van der Waals surface area contributed by atoms with Crippen molar-refractivity contribution in [1.29, 1.82) is 0 Å². The number of esters is 2. The van der Waals surface area contributed by atoms with Gasteiger partial charge in [-0.1, -0.05) is 84.4 Å². The molecule has 0 saturated heterocycles. The number of allylic oxidation sites excluding steroid dienone is 2. The molecule has 0 aliphatic heterocycles. The Morgan fingerprint density at radius 2 is 1.74 bits per heavy atom. The minimum absolute atomic E-state index is 0.0923. The van der Waals surface area contributed by atoms with Gasteiger partial charge in [-0.3, -0.25) is 9.59 Å². The van der Waals surface area contributed by atoms with Crippen LogP contribution in [0.25, 0.3) is 0 Å². The van der Waals surface area contributed by atoms with Crippen LogP contribution in [0, 0.1) is 28.6 Å². The molecule has 4 aliphatic carbocycles. The van der Waals surface area contributed by atoms with Crippen LogP contribution in [0.15, 0.2) is 34.9 Å². The van der Waals surface area contributed by atoms with Gasteiger partial charge in [0.25, 0.3) is 0 Å². The summed E-state index contributed by atoms with van der Waals surface area (Å²) < 4.78 is 12.2. The van der Waals surface area contributed by atoms with Crippen LogP contribution >= 0.6 is 0 Å². The van der Waals surface area contributed by atoms with Gasteiger partial charge < -0.3 is 24.8 Å². The predicted molar refractivity (Wildman–Crippen MR) is 163 cm³/mol. The van der Waals surface area contributed by atoms with Crippen LogP contribution in [0.2, 0.25) is 0 Å². The summed E-state index contributed by atoms with van der Waals surface area (Å²) in [6.45, 7) is 12.4. The van der Waals surface area contributed by atoms with Gasteiger partial charge >= 0.3 is 11.9 Å². The maximum absolute atomic E-state index is 14.8. The standard InChI is InChI=1S/C35H52O8/c1-8-10-11-12-13-14-15-16-26(37)43-34-19-23(5)33-18-22(4)30(42-31(40)21(3)9-2)35(33,41)28(38)24(20-36)17-25(29(33)39)27(34)32(34,6)7/h9,17-18,23,25,27-28,30,36,38,41H,8,10-16,19-20H2,1-7H3/b21-9+/t23-,25+,27-,28-,30+,33+,34+,35+/m1/s1. The van der Waals surface area contributed by atoms with Crippen LogP contribution in [-0.4, -0.2) is 63.1 Å². The third kappa shape index (κ3) is 5.05. The smallest absolute Gasteiger partial charge is 0.334 e. The van der Waals surface area contributed by atoms with Crippen LogP contribution < -0.4 is 0 Å². The number of rotatable bonds is 12. The van der Waals surface area contributed by atoms with Gasteiger partial charge in [0, 0.05) is 29.2 Å². The van der Waals surface area contributed by atoms with E-state index in [1.807, 2.05) is 20.8 Å². The van der Waals surface area contributed by atoms with E-state index in [-0.39, 0.29) is 17.3 Å². The molecular weight excluding hydrogens is 548 g/mol. The van der Waals surface area contributed by atoms with E-state index in [1.54, 1.807) is 39.0 Å². The van der Waals surface area contributed by atoms with E-state index in [0.29, 0.717) is 24.0 Å². The zero-order valence-corrected chi connectivity index (χ0v) is 27.1. The number of fused-ring (bicyclic) bond motifs is 3. The zero-order valence-electron chi connectivity index (χ0n) is 27.1. The van der Waals surface area contributed by atoms with Gasteiger partial charge in [-0.25, -0.2) is 4.79 Å². The largest absolute Gasteiger partial charge is 0.458 e. The van der Waals surface area contributed by atoms with Crippen LogP contribution in [0.5, 0.6) is 0 Å². The van der Waals surface area contributed by atoms with Crippen LogP contribution in [0.4, 0.5) is 0 Å². The lowest BCUT2D eigenvalue weighted by Gasteiger charge is -2.49. The number of aliphatic hydroxyl groups is 3. The fourth-order valence-corrected chi connectivity index (χ4v) is 8.69. The number of hydrogen-bond donors (Lipinski definition) is 3. The number of hydrogen-bond acceptors (Lipinski definition) is 8. The Labute approximate surface area is 256 Å². The van der Waals surface area contributed by atoms with Gasteiger partial charge in [0.1, 0.15) is 11.7 Å². The Hall–Kier alpha value is -2.29. The van der Waals surface area contributed by atoms with E-state index in [9.17, 15) is 29.7 Å². The Bertz CT molecular complexity index is 1210. The molecule has 2 bridgehead atoms. The fourth-order valence-electron chi connectivity index (χ4n) is 8.69. The SMILES string of the molecule is C/C=C(\C)C(=O)O[C@H]1C(C)=C[C@]23C(=O)[C@@H](C=C(CO)[C@@H](O)[C@]12O)[C@@H]1C(C)(C)[C@]1(OC(=O)CCCCCCCCC)C[C@H]3C. The first-order valence-corrected chi connectivity index (χ1v) is 16.2. The van der Waals surface area contributed by atoms with Gasteiger partial charge in [-0.05, 0) is 50.7 Å². The maximum Gasteiger partial charge on any atom is 0.334 e. The number of ketones is 1. The quantitative estimate of drug-likeness (QED) is 0.122. The number of carbonyl (C=O) groups is 3. The minimum Gasteiger partial charge on any atom is -0.458 e. The fraction of sp³-hybridized carbons (Fsp3) is 0.743. The van der Waals surface area contributed by atoms with E-state index < -0.39 is 64.6 Å². The molecule has 2 fully saturated rings. The normalized spacial score (nSPS) is 37.8. The van der Waals surface area contributed by atoms with Crippen molar-refractivity contribution in [3.05, 3.63) is 34.9 Å². The molecule has 43 heavy (non-hydrogen) atoms. The summed E-state index contributed by atoms with van der Waals surface area (Å²) in [4.78, 5) is 41.0. The molecule has 0 unspecified atom stereocenters. The van der Waals surface area contributed by atoms with Crippen molar-refractivity contribution in [2.45, 2.75) is 130 Å². The van der Waals surface area contributed by atoms with Crippen molar-refractivity contribution < 1.29 is 39.2 Å². The molecule has 0 amide bonds. The highest BCUT2D eigenvalue weighted by atomic mass is 16.6. The van der Waals surface area contributed by atoms with Crippen molar-refractivity contribution in [1.82, 2.24) is 0 Å². The first-order valence-electron chi connectivity index (χ1n) is 16.2. The van der Waals surface area contributed by atoms with Gasteiger partial charge in [0.15, 0.2) is 17.5 Å². The van der Waals surface area contributed by atoms with Crippen molar-refractivity contribution >= 4 is 17.7 Å². The molecule has 4 aliphatic rings. The molecule has 8 atom stereocenters. The number of Topliss-reactive ketones (excluding diaryl/α,β-unsaturated/α-hetero) is 1. The molecular formula is C35H52O8. The molecule has 8 nitrogen and oxygen atoms in total. The highest BCUT2D eigenvalue weighted by molar-refractivity contribution is 5.96. The third-order valence-corrected chi connectivity index (χ3v) is 11.3. The minimum atomic E-state index is -2.26. The number of carbonyl (C=O) groups excluding carboxylic acids is 3. The summed E-state index contributed by atoms with van der Waals surface area (Å²) >= 11 is 0. The van der Waals surface area contributed by atoms with Crippen molar-refractivity contribution in [2.75, 3.05) is 6.61 Å². The summed E-state index contributed by atoms with van der Waals surface area (Å²) in [6, 6.07) is 0. The van der Waals surface area contributed by atoms with E-state index in [0.717, 1.165) is 25.7 Å². The lowest BCUT2D eigenvalue weighted by molar-refractivity contribution is -0.203. The van der Waals surface area contributed by atoms with Gasteiger partial charge in [-0.2, -0.15) is 0 Å². The Morgan fingerprint density at radius 3 is 2.35 bits per heavy atom. The second-order valence-electron chi connectivity index (χ2n) is 14.1. The van der Waals surface area contributed by atoms with Crippen LogP contribution in [0.3, 0.4) is 0 Å². The van der Waals surface area contributed by atoms with Crippen molar-refractivity contribution in [3.8, 4) is 0 Å². The molecule has 4 rings (SSSR count). The molecule has 0 aromatic carbocycles. The summed E-state index contributed by atoms with van der Waals surface area (Å²) in [5.74, 6) is -3.08. The number of ether oxygens (including phenoxy) is 2. The van der Waals surface area contributed by atoms with Crippen LogP contribution in [0.1, 0.15) is 106 Å². The lowest BCUT2D eigenvalue weighted by atomic mass is 9.59. The van der Waals surface area contributed by atoms with Gasteiger partial charge in [0.2, 0.25) is 0 Å². The topological polar surface area (TPSA) is 130 Å². The molecule has 3 N–H and O–H groups in total. The van der Waals surface area contributed by atoms with E-state index in [1.165, 1.54) is 19.3 Å². The zero-order chi connectivity index (χ0) is 32.0. The molecule has 0 radical (unpaired) electrons. The number of unbranched alkanes of at least 4 members (excludes halogenated alkanes) is 6. The second kappa shape index (κ2) is 12.2. The highest BCUT2D eigenvalue weighted by Gasteiger charge is 2.83. The summed E-state index contributed by atoms with van der Waals surface area (Å²) in [5.41, 5.74) is -4.52. The summed E-state index contributed by atoms with van der Waals surface area (Å²) in [7, 11) is 0. The van der Waals surface area contributed by atoms with E-state index in [2.05, 4.69) is 6.92 Å². The third-order valence-electron chi connectivity index (χ3n) is 11.3. The number of aliphatic hydroxyl groups excluding tert-OH is 2. The van der Waals surface area contributed by atoms with Crippen LogP contribution in [-0.2, 0) is 23.9 Å². The predicted octanol–water partition coefficient (Wildman–Crippen LogP) is 5.14. The molecule has 0 heterocycles. The molecule has 1 spiro atoms. The molecule has 2 saturated carbocycles. The Balaban J connectivity index is 1.69. The van der Waals surface area contributed by atoms with Gasteiger partial charge in [-0.15, -0.1) is 0 Å². The first-order chi connectivity index (χ1) is 20.2. The Kier molecular flexibility index (Phi) is 9.57. The van der Waals surface area contributed by atoms with E-state index in [4.69, 9.17) is 9.47 Å². The van der Waals surface area contributed by atoms with Crippen molar-refractivity contribution in [3.63, 3.8) is 0 Å². The Morgan fingerprint density at radius 1 is 1.12 bits per heavy atom. The van der Waals surface area contributed by atoms with Crippen molar-refractivity contribution in [2.24, 2.45) is 28.6 Å². The molecule has 240 valence electrons. The van der Waals surface area contributed by atoms with E-state index >= 15 is 0 Å². The highest BCUT2D eigenvalue weighted by Crippen LogP contribution is 2.75. The second-order valence-corrected chi connectivity index (χ2v) is 14.1. The summed E-state index contributed by atoms with van der Waals surface area (Å²) in [6.07, 6.45) is 10.0. The maximum atomic E-state index is 14.8. The average Bonchev–Trinajstić information content (AvgIpc) is 3.36. The monoisotopic (exact) mass is 600 g/mol. The molecule has 0 aromatic heterocycles. The lowest BCUT2D eigenvalue weighted by Crippen LogP contribution is -2.66. The first kappa shape index (κ1) is 33.6. The molecule has 8 heteroatoms. The average molecular weight is 601 g/mol. The molecule has 0 aromatic rings.